The molecule has 0 aliphatic heterocycles. The van der Waals surface area contributed by atoms with E-state index in [-0.39, 0.29) is 5.56 Å². The minimum absolute atomic E-state index is 0.223. The molecular formula is C16H16N2O4S. The first-order chi connectivity index (χ1) is 10.9. The number of hydrogen-bond donors (Lipinski definition) is 2. The molecule has 1 heterocycles. The zero-order valence-corrected chi connectivity index (χ0v) is 13.5. The van der Waals surface area contributed by atoms with Gasteiger partial charge in [-0.15, -0.1) is 11.3 Å². The molecule has 2 amide bonds. The number of amides is 2. The topological polar surface area (TPSA) is 98.5 Å². The second kappa shape index (κ2) is 7.06. The maximum absolute atomic E-state index is 12.1. The van der Waals surface area contributed by atoms with Gasteiger partial charge in [0.05, 0.1) is 11.1 Å². The fourth-order valence-corrected chi connectivity index (χ4v) is 2.69. The van der Waals surface area contributed by atoms with E-state index in [1.165, 1.54) is 24.3 Å². The Morgan fingerprint density at radius 3 is 2.52 bits per heavy atom. The highest BCUT2D eigenvalue weighted by atomic mass is 32.1. The lowest BCUT2D eigenvalue weighted by atomic mass is 10.1. The van der Waals surface area contributed by atoms with Crippen LogP contribution in [0.2, 0.25) is 0 Å². The van der Waals surface area contributed by atoms with Gasteiger partial charge < -0.3 is 15.8 Å². The zero-order chi connectivity index (χ0) is 17.0. The number of aryl methyl sites for hydroxylation is 1. The summed E-state index contributed by atoms with van der Waals surface area (Å²) in [4.78, 5) is 35.4. The molecule has 0 radical (unpaired) electrons. The van der Waals surface area contributed by atoms with E-state index in [4.69, 9.17) is 10.5 Å². The quantitative estimate of drug-likeness (QED) is 0.821. The van der Waals surface area contributed by atoms with E-state index in [9.17, 15) is 14.4 Å². The first-order valence-electron chi connectivity index (χ1n) is 6.85. The molecule has 0 aliphatic carbocycles. The minimum atomic E-state index is -1.01. The maximum Gasteiger partial charge on any atom is 0.339 e. The number of nitrogens with two attached hydrogens (primary N) is 1. The van der Waals surface area contributed by atoms with Crippen molar-refractivity contribution in [3.05, 3.63) is 52.4 Å². The van der Waals surface area contributed by atoms with E-state index in [2.05, 4.69) is 5.32 Å². The fourth-order valence-electron chi connectivity index (χ4n) is 1.89. The van der Waals surface area contributed by atoms with Gasteiger partial charge in [-0.1, -0.05) is 18.2 Å². The Labute approximate surface area is 137 Å². The van der Waals surface area contributed by atoms with Gasteiger partial charge in [0, 0.05) is 0 Å². The van der Waals surface area contributed by atoms with Gasteiger partial charge in [0.25, 0.3) is 11.8 Å². The van der Waals surface area contributed by atoms with Crippen molar-refractivity contribution in [2.45, 2.75) is 20.0 Å². The monoisotopic (exact) mass is 332 g/mol. The molecule has 1 aromatic carbocycles. The number of primary amides is 1. The Balaban J connectivity index is 2.03. The number of hydrogen-bond acceptors (Lipinski definition) is 5. The molecule has 0 spiro atoms. The molecule has 23 heavy (non-hydrogen) atoms. The van der Waals surface area contributed by atoms with Crippen LogP contribution in [0.25, 0.3) is 0 Å². The average molecular weight is 332 g/mol. The number of benzene rings is 1. The average Bonchev–Trinajstić information content (AvgIpc) is 2.95. The number of ether oxygens (including phenoxy) is 1. The van der Waals surface area contributed by atoms with E-state index >= 15 is 0 Å². The molecular weight excluding hydrogens is 316 g/mol. The highest BCUT2D eigenvalue weighted by Crippen LogP contribution is 2.23. The van der Waals surface area contributed by atoms with Crippen LogP contribution in [-0.2, 0) is 9.53 Å². The summed E-state index contributed by atoms with van der Waals surface area (Å²) in [6.45, 7) is 3.25. The van der Waals surface area contributed by atoms with Crippen molar-refractivity contribution in [3.63, 3.8) is 0 Å². The summed E-state index contributed by atoms with van der Waals surface area (Å²) in [5.74, 6) is -1.74. The normalized spacial score (nSPS) is 11.6. The molecule has 0 saturated carbocycles. The third-order valence-electron chi connectivity index (χ3n) is 3.19. The zero-order valence-electron chi connectivity index (χ0n) is 12.7. The molecule has 2 aromatic rings. The van der Waals surface area contributed by atoms with Crippen LogP contribution in [-0.4, -0.2) is 23.9 Å². The Hall–Kier alpha value is -2.67. The number of thiophene rings is 1. The van der Waals surface area contributed by atoms with Crippen LogP contribution in [0.15, 0.2) is 35.7 Å². The van der Waals surface area contributed by atoms with Crippen molar-refractivity contribution in [2.75, 3.05) is 5.32 Å². The maximum atomic E-state index is 12.1. The first kappa shape index (κ1) is 16.7. The lowest BCUT2D eigenvalue weighted by Gasteiger charge is -2.14. The summed E-state index contributed by atoms with van der Waals surface area (Å²) in [6.07, 6.45) is -1.01. The van der Waals surface area contributed by atoms with E-state index in [1.54, 1.807) is 30.5 Å². The third-order valence-corrected chi connectivity index (χ3v) is 4.02. The number of carbonyl (C=O) groups is 3. The summed E-state index contributed by atoms with van der Waals surface area (Å²) in [5.41, 5.74) is 6.61. The Morgan fingerprint density at radius 1 is 1.17 bits per heavy atom. The molecule has 1 unspecified atom stereocenters. The Kier molecular flexibility index (Phi) is 5.13. The van der Waals surface area contributed by atoms with Gasteiger partial charge >= 0.3 is 5.97 Å². The lowest BCUT2D eigenvalue weighted by Crippen LogP contribution is -2.30. The van der Waals surface area contributed by atoms with Crippen molar-refractivity contribution in [3.8, 4) is 0 Å². The molecule has 0 bridgehead atoms. The summed E-state index contributed by atoms with van der Waals surface area (Å²) >= 11 is 1.17. The van der Waals surface area contributed by atoms with Gasteiger partial charge in [-0.05, 0) is 36.9 Å². The Bertz CT molecular complexity index is 754. The van der Waals surface area contributed by atoms with E-state index in [0.29, 0.717) is 10.6 Å². The molecule has 1 aromatic heterocycles. The Morgan fingerprint density at radius 2 is 1.87 bits per heavy atom. The van der Waals surface area contributed by atoms with Gasteiger partial charge in [-0.2, -0.15) is 0 Å². The molecule has 7 heteroatoms. The van der Waals surface area contributed by atoms with Crippen LogP contribution in [0.5, 0.6) is 0 Å². The van der Waals surface area contributed by atoms with Crippen LogP contribution >= 0.6 is 11.3 Å². The van der Waals surface area contributed by atoms with Crippen LogP contribution in [0.1, 0.15) is 33.2 Å². The number of rotatable bonds is 5. The number of esters is 1. The fraction of sp³-hybridized carbons (Fsp3) is 0.188. The highest BCUT2D eigenvalue weighted by molar-refractivity contribution is 7.14. The highest BCUT2D eigenvalue weighted by Gasteiger charge is 2.21. The minimum Gasteiger partial charge on any atom is -0.449 e. The van der Waals surface area contributed by atoms with Crippen molar-refractivity contribution in [2.24, 2.45) is 5.73 Å². The van der Waals surface area contributed by atoms with Crippen molar-refractivity contribution in [1.82, 2.24) is 0 Å². The summed E-state index contributed by atoms with van der Waals surface area (Å²) in [5, 5.41) is 4.52. The molecule has 0 fully saturated rings. The molecule has 1 atom stereocenters. The number of carbonyl (C=O) groups excluding carboxylic acids is 3. The summed E-state index contributed by atoms with van der Waals surface area (Å²) in [6, 6.07) is 8.47. The van der Waals surface area contributed by atoms with E-state index in [0.717, 1.165) is 5.56 Å². The molecule has 3 N–H and O–H groups in total. The number of anilines is 1. The SMILES string of the molecule is Cc1ccccc1C(=O)OC(C)C(=O)Nc1sccc1C(N)=O. The smallest absolute Gasteiger partial charge is 0.339 e. The van der Waals surface area contributed by atoms with Gasteiger partial charge in [0.2, 0.25) is 0 Å². The van der Waals surface area contributed by atoms with Gasteiger partial charge in [-0.3, -0.25) is 9.59 Å². The third kappa shape index (κ3) is 3.95. The largest absolute Gasteiger partial charge is 0.449 e. The van der Waals surface area contributed by atoms with Gasteiger partial charge in [0.15, 0.2) is 6.10 Å². The first-order valence-corrected chi connectivity index (χ1v) is 7.73. The lowest BCUT2D eigenvalue weighted by molar-refractivity contribution is -0.123. The van der Waals surface area contributed by atoms with Crippen molar-refractivity contribution in [1.29, 1.82) is 0 Å². The molecule has 6 nitrogen and oxygen atoms in total. The van der Waals surface area contributed by atoms with Crippen LogP contribution in [0.3, 0.4) is 0 Å². The predicted octanol–water partition coefficient (Wildman–Crippen LogP) is 2.34. The predicted molar refractivity (Wildman–Crippen MR) is 87.5 cm³/mol. The second-order valence-corrected chi connectivity index (χ2v) is 5.80. The standard InChI is InChI=1S/C16H16N2O4S/c1-9-5-3-4-6-11(9)16(21)22-10(2)14(20)18-15-12(13(17)19)7-8-23-15/h3-8,10H,1-2H3,(H2,17,19)(H,18,20). The van der Waals surface area contributed by atoms with Crippen LogP contribution in [0.4, 0.5) is 5.00 Å². The summed E-state index contributed by atoms with van der Waals surface area (Å²) in [7, 11) is 0. The molecule has 0 aliphatic rings. The van der Waals surface area contributed by atoms with Crippen molar-refractivity contribution >= 4 is 34.1 Å². The van der Waals surface area contributed by atoms with Gasteiger partial charge in [0.1, 0.15) is 5.00 Å². The van der Waals surface area contributed by atoms with Crippen molar-refractivity contribution < 1.29 is 19.1 Å². The molecule has 2 rings (SSSR count). The van der Waals surface area contributed by atoms with Crippen LogP contribution < -0.4 is 11.1 Å². The van der Waals surface area contributed by atoms with E-state index < -0.39 is 23.9 Å². The molecule has 120 valence electrons. The van der Waals surface area contributed by atoms with Crippen LogP contribution in [0, 0.1) is 6.92 Å². The number of nitrogens with one attached hydrogen (secondary N) is 1. The summed E-state index contributed by atoms with van der Waals surface area (Å²) < 4.78 is 5.17. The van der Waals surface area contributed by atoms with E-state index in [1.807, 2.05) is 6.07 Å². The molecule has 0 saturated heterocycles. The second-order valence-electron chi connectivity index (χ2n) is 4.88. The van der Waals surface area contributed by atoms with Gasteiger partial charge in [-0.25, -0.2) is 4.79 Å².